The summed E-state index contributed by atoms with van der Waals surface area (Å²) in [6.45, 7) is 0.356. The fourth-order valence-electron chi connectivity index (χ4n) is 3.13. The van der Waals surface area contributed by atoms with E-state index >= 15 is 0 Å². The first-order valence-electron chi connectivity index (χ1n) is 7.86. The number of halogens is 1. The van der Waals surface area contributed by atoms with Crippen LogP contribution in [0.4, 0.5) is 4.39 Å². The van der Waals surface area contributed by atoms with E-state index in [1.807, 2.05) is 0 Å². The Kier molecular flexibility index (Phi) is 3.48. The highest BCUT2D eigenvalue weighted by molar-refractivity contribution is 6.04. The molecule has 26 heavy (non-hydrogen) atoms. The number of primary amides is 1. The molecule has 1 aliphatic heterocycles. The van der Waals surface area contributed by atoms with Gasteiger partial charge >= 0.3 is 0 Å². The molecule has 1 saturated heterocycles. The molecule has 0 aliphatic carbocycles. The summed E-state index contributed by atoms with van der Waals surface area (Å²) < 4.78 is 15.0. The molecule has 132 valence electrons. The fourth-order valence-corrected chi connectivity index (χ4v) is 3.13. The van der Waals surface area contributed by atoms with Crippen molar-refractivity contribution in [2.75, 3.05) is 6.54 Å². The molecule has 2 aromatic heterocycles. The number of pyridine rings is 1. The normalized spacial score (nSPS) is 19.7. The van der Waals surface area contributed by atoms with Crippen LogP contribution in [0.2, 0.25) is 0 Å². The van der Waals surface area contributed by atoms with Crippen LogP contribution < -0.4 is 11.1 Å². The Labute approximate surface area is 146 Å². The maximum Gasteiger partial charge on any atom is 0.269 e. The Balaban J connectivity index is 1.91. The minimum atomic E-state index is -1.67. The Morgan fingerprint density at radius 2 is 2.15 bits per heavy atom. The molecule has 0 saturated carbocycles. The molecule has 4 rings (SSSR count). The zero-order valence-corrected chi connectivity index (χ0v) is 13.4. The molecule has 3 aromatic rings. The number of aliphatic hydroxyl groups is 1. The van der Waals surface area contributed by atoms with Crippen molar-refractivity contribution >= 4 is 22.7 Å². The van der Waals surface area contributed by atoms with Crippen LogP contribution in [0.3, 0.4) is 0 Å². The van der Waals surface area contributed by atoms with Gasteiger partial charge in [-0.2, -0.15) is 5.10 Å². The predicted molar refractivity (Wildman–Crippen MR) is 88.9 cm³/mol. The lowest BCUT2D eigenvalue weighted by atomic mass is 9.93. The number of nitrogens with zero attached hydrogens (tertiary/aromatic N) is 3. The van der Waals surface area contributed by atoms with Crippen LogP contribution in [0.25, 0.3) is 16.7 Å². The molecule has 0 bridgehead atoms. The number of nitrogens with two attached hydrogens (primary N) is 1. The van der Waals surface area contributed by atoms with Gasteiger partial charge in [0, 0.05) is 30.6 Å². The van der Waals surface area contributed by atoms with Crippen molar-refractivity contribution in [3.05, 3.63) is 53.6 Å². The SMILES string of the molecule is NC(=O)c1nn(-c2cc([C@]3(O)CCNC3=O)ccn2)c2cc(F)ccc12. The van der Waals surface area contributed by atoms with Crippen molar-refractivity contribution in [3.63, 3.8) is 0 Å². The predicted octanol–water partition coefficient (Wildman–Crippen LogP) is 0.366. The Morgan fingerprint density at radius 1 is 1.35 bits per heavy atom. The fraction of sp³-hybridized carbons (Fsp3) is 0.176. The van der Waals surface area contributed by atoms with E-state index in [1.165, 1.54) is 41.2 Å². The zero-order valence-electron chi connectivity index (χ0n) is 13.4. The molecule has 8 nitrogen and oxygen atoms in total. The second kappa shape index (κ2) is 5.60. The van der Waals surface area contributed by atoms with Gasteiger partial charge in [-0.1, -0.05) is 0 Å². The van der Waals surface area contributed by atoms with Gasteiger partial charge < -0.3 is 16.2 Å². The highest BCUT2D eigenvalue weighted by atomic mass is 19.1. The monoisotopic (exact) mass is 355 g/mol. The van der Waals surface area contributed by atoms with Crippen LogP contribution in [0.5, 0.6) is 0 Å². The Bertz CT molecular complexity index is 1060. The van der Waals surface area contributed by atoms with Gasteiger partial charge in [-0.15, -0.1) is 0 Å². The van der Waals surface area contributed by atoms with Crippen LogP contribution in [-0.4, -0.2) is 38.2 Å². The van der Waals surface area contributed by atoms with Crippen molar-refractivity contribution in [1.29, 1.82) is 0 Å². The minimum Gasteiger partial charge on any atom is -0.375 e. The van der Waals surface area contributed by atoms with E-state index in [0.717, 1.165) is 0 Å². The van der Waals surface area contributed by atoms with E-state index in [1.54, 1.807) is 0 Å². The summed E-state index contributed by atoms with van der Waals surface area (Å²) >= 11 is 0. The first-order valence-corrected chi connectivity index (χ1v) is 7.86. The number of carbonyl (C=O) groups excluding carboxylic acids is 2. The van der Waals surface area contributed by atoms with Crippen LogP contribution in [-0.2, 0) is 10.4 Å². The number of fused-ring (bicyclic) bond motifs is 1. The number of rotatable bonds is 3. The number of amides is 2. The van der Waals surface area contributed by atoms with Gasteiger partial charge in [0.1, 0.15) is 5.82 Å². The summed E-state index contributed by atoms with van der Waals surface area (Å²) in [7, 11) is 0. The summed E-state index contributed by atoms with van der Waals surface area (Å²) in [5.41, 5.74) is 4.29. The third-order valence-corrected chi connectivity index (χ3v) is 4.46. The molecule has 0 unspecified atom stereocenters. The summed E-state index contributed by atoms with van der Waals surface area (Å²) in [6.07, 6.45) is 1.63. The van der Waals surface area contributed by atoms with E-state index in [9.17, 15) is 19.1 Å². The van der Waals surface area contributed by atoms with Crippen LogP contribution in [0, 0.1) is 5.82 Å². The lowest BCUT2D eigenvalue weighted by molar-refractivity contribution is -0.135. The van der Waals surface area contributed by atoms with E-state index in [2.05, 4.69) is 15.4 Å². The summed E-state index contributed by atoms with van der Waals surface area (Å²) in [6, 6.07) is 6.83. The molecule has 9 heteroatoms. The third-order valence-electron chi connectivity index (χ3n) is 4.46. The average molecular weight is 355 g/mol. The molecular formula is C17H14FN5O3. The molecule has 1 fully saturated rings. The largest absolute Gasteiger partial charge is 0.375 e. The average Bonchev–Trinajstić information content (AvgIpc) is 3.16. The van der Waals surface area contributed by atoms with Crippen molar-refractivity contribution in [3.8, 4) is 5.82 Å². The number of aromatic nitrogens is 3. The molecule has 1 aromatic carbocycles. The molecule has 0 radical (unpaired) electrons. The van der Waals surface area contributed by atoms with Crippen molar-refractivity contribution in [2.24, 2.45) is 5.73 Å². The smallest absolute Gasteiger partial charge is 0.269 e. The maximum absolute atomic E-state index is 13.7. The van der Waals surface area contributed by atoms with Crippen LogP contribution in [0.1, 0.15) is 22.5 Å². The molecular weight excluding hydrogens is 341 g/mol. The minimum absolute atomic E-state index is 0.0236. The highest BCUT2D eigenvalue weighted by Gasteiger charge is 2.42. The van der Waals surface area contributed by atoms with E-state index in [4.69, 9.17) is 5.73 Å². The Hall–Kier alpha value is -3.33. The van der Waals surface area contributed by atoms with Gasteiger partial charge in [-0.25, -0.2) is 14.1 Å². The lowest BCUT2D eigenvalue weighted by Gasteiger charge is -2.20. The molecule has 4 N–H and O–H groups in total. The van der Waals surface area contributed by atoms with Crippen molar-refractivity contribution < 1.29 is 19.1 Å². The highest BCUT2D eigenvalue weighted by Crippen LogP contribution is 2.30. The number of benzene rings is 1. The quantitative estimate of drug-likeness (QED) is 0.626. The van der Waals surface area contributed by atoms with E-state index in [0.29, 0.717) is 23.0 Å². The van der Waals surface area contributed by atoms with Crippen molar-refractivity contribution in [2.45, 2.75) is 12.0 Å². The van der Waals surface area contributed by atoms with E-state index in [-0.39, 0.29) is 17.9 Å². The summed E-state index contributed by atoms with van der Waals surface area (Å²) in [5, 5.41) is 17.7. The number of hydrogen-bond donors (Lipinski definition) is 3. The topological polar surface area (TPSA) is 123 Å². The van der Waals surface area contributed by atoms with E-state index < -0.39 is 23.2 Å². The van der Waals surface area contributed by atoms with Gasteiger partial charge in [0.15, 0.2) is 17.1 Å². The van der Waals surface area contributed by atoms with Gasteiger partial charge in [-0.05, 0) is 29.8 Å². The Morgan fingerprint density at radius 3 is 2.85 bits per heavy atom. The molecule has 0 spiro atoms. The first-order chi connectivity index (χ1) is 12.4. The van der Waals surface area contributed by atoms with Crippen LogP contribution in [0.15, 0.2) is 36.5 Å². The number of carbonyl (C=O) groups is 2. The van der Waals surface area contributed by atoms with Gasteiger partial charge in [0.05, 0.1) is 5.52 Å². The lowest BCUT2D eigenvalue weighted by Crippen LogP contribution is -2.35. The van der Waals surface area contributed by atoms with Crippen LogP contribution >= 0.6 is 0 Å². The zero-order chi connectivity index (χ0) is 18.5. The second-order valence-electron chi connectivity index (χ2n) is 6.06. The standard InChI is InChI=1S/C17H14FN5O3/c18-10-1-2-11-12(8-10)23(22-14(11)15(19)24)13-7-9(3-5-20-13)17(26)4-6-21-16(17)25/h1-3,5,7-8,26H,4,6H2,(H2,19,24)(H,21,25)/t17-/m1/s1. The molecule has 1 aliphatic rings. The van der Waals surface area contributed by atoms with Gasteiger partial charge in [0.25, 0.3) is 11.8 Å². The molecule has 1 atom stereocenters. The number of nitrogens with one attached hydrogen (secondary N) is 1. The van der Waals surface area contributed by atoms with Gasteiger partial charge in [0.2, 0.25) is 0 Å². The maximum atomic E-state index is 13.7. The number of hydrogen-bond acceptors (Lipinski definition) is 5. The second-order valence-corrected chi connectivity index (χ2v) is 6.06. The first kappa shape index (κ1) is 16.2. The summed E-state index contributed by atoms with van der Waals surface area (Å²) in [5.74, 6) is -1.55. The summed E-state index contributed by atoms with van der Waals surface area (Å²) in [4.78, 5) is 27.8. The molecule has 3 heterocycles. The third kappa shape index (κ3) is 2.32. The molecule has 2 amide bonds. The van der Waals surface area contributed by atoms with Crippen molar-refractivity contribution in [1.82, 2.24) is 20.1 Å². The van der Waals surface area contributed by atoms with Gasteiger partial charge in [-0.3, -0.25) is 9.59 Å².